The van der Waals surface area contributed by atoms with E-state index in [2.05, 4.69) is 59.9 Å². The number of benzene rings is 1. The molecular weight excluding hydrogens is 441 g/mol. The zero-order valence-corrected chi connectivity index (χ0v) is 14.1. The molecule has 0 bridgehead atoms. The molecule has 0 radical (unpaired) electrons. The third kappa shape index (κ3) is 2.51. The van der Waals surface area contributed by atoms with Crippen LogP contribution in [0, 0.1) is 2.88 Å². The molecule has 0 saturated carbocycles. The van der Waals surface area contributed by atoms with E-state index in [9.17, 15) is 4.79 Å². The normalized spacial score (nSPS) is 13.0. The minimum Gasteiger partial charge on any atom is -0.320 e. The van der Waals surface area contributed by atoms with Crippen LogP contribution in [0.15, 0.2) is 32.8 Å². The van der Waals surface area contributed by atoms with Gasteiger partial charge in [0.25, 0.3) is 0 Å². The molecule has 3 aromatic rings. The molecule has 0 aliphatic carbocycles. The largest absolute Gasteiger partial charge is 0.323 e. The predicted octanol–water partition coefficient (Wildman–Crippen LogP) is 3.33. The molecule has 2 heterocycles. The smallest absolute Gasteiger partial charge is 0.320 e. The second-order valence-electron chi connectivity index (χ2n) is 4.16. The molecule has 1 atom stereocenters. The molecule has 19 heavy (non-hydrogen) atoms. The summed E-state index contributed by atoms with van der Waals surface area (Å²) in [5.41, 5.74) is 9.66. The highest BCUT2D eigenvalue weighted by Crippen LogP contribution is 2.31. The number of aromatic nitrogens is 2. The summed E-state index contributed by atoms with van der Waals surface area (Å²) in [4.78, 5) is 16.8. The molecule has 98 valence electrons. The number of H-pyrrole nitrogens is 2. The Morgan fingerprint density at radius 3 is 2.58 bits per heavy atom. The Morgan fingerprint density at radius 1 is 1.26 bits per heavy atom. The monoisotopic (exact) mass is 449 g/mol. The minimum atomic E-state index is -0.211. The van der Waals surface area contributed by atoms with Crippen molar-refractivity contribution in [3.05, 3.63) is 52.5 Å². The molecule has 0 fully saturated rings. The zero-order chi connectivity index (χ0) is 13.6. The molecule has 0 saturated heterocycles. The number of hydrogen-bond acceptors (Lipinski definition) is 3. The van der Waals surface area contributed by atoms with Gasteiger partial charge < -0.3 is 15.7 Å². The molecule has 0 spiro atoms. The number of imidazole rings is 1. The highest BCUT2D eigenvalue weighted by Gasteiger charge is 2.15. The first-order chi connectivity index (χ1) is 9.04. The fraction of sp³-hybridized carbons (Fsp3) is 0.0833. The maximum atomic E-state index is 11.3. The van der Waals surface area contributed by atoms with E-state index in [1.54, 1.807) is 11.3 Å². The predicted molar refractivity (Wildman–Crippen MR) is 89.7 cm³/mol. The molecule has 3 rings (SSSR count). The maximum absolute atomic E-state index is 11.3. The van der Waals surface area contributed by atoms with Crippen molar-refractivity contribution in [1.82, 2.24) is 9.97 Å². The Balaban J connectivity index is 2.13. The number of hydrogen-bond donors (Lipinski definition) is 3. The number of fused-ring (bicyclic) bond motifs is 1. The Labute approximate surface area is 134 Å². The topological polar surface area (TPSA) is 74.7 Å². The molecule has 4 N–H and O–H groups in total. The summed E-state index contributed by atoms with van der Waals surface area (Å²) in [6, 6.07) is 5.65. The van der Waals surface area contributed by atoms with Gasteiger partial charge in [-0.1, -0.05) is 15.9 Å². The molecule has 1 unspecified atom stereocenters. The van der Waals surface area contributed by atoms with E-state index in [1.807, 2.05) is 12.1 Å². The van der Waals surface area contributed by atoms with E-state index in [-0.39, 0.29) is 11.7 Å². The molecule has 1 aromatic carbocycles. The highest BCUT2D eigenvalue weighted by atomic mass is 127. The van der Waals surface area contributed by atoms with E-state index in [0.717, 1.165) is 26.6 Å². The number of nitrogens with two attached hydrogens (primary N) is 1. The lowest BCUT2D eigenvalue weighted by Crippen LogP contribution is -2.11. The van der Waals surface area contributed by atoms with Crippen LogP contribution < -0.4 is 11.4 Å². The maximum Gasteiger partial charge on any atom is 0.323 e. The summed E-state index contributed by atoms with van der Waals surface area (Å²) in [5, 5.41) is 2.06. The van der Waals surface area contributed by atoms with Gasteiger partial charge in [0.2, 0.25) is 0 Å². The second kappa shape index (κ2) is 5.04. The van der Waals surface area contributed by atoms with Crippen molar-refractivity contribution >= 4 is 60.9 Å². The number of thiophene rings is 1. The van der Waals surface area contributed by atoms with Crippen LogP contribution in [0.25, 0.3) is 11.0 Å². The minimum absolute atomic E-state index is 0.210. The van der Waals surface area contributed by atoms with Gasteiger partial charge in [0.15, 0.2) is 0 Å². The van der Waals surface area contributed by atoms with Crippen LogP contribution in [-0.2, 0) is 0 Å². The van der Waals surface area contributed by atoms with Crippen molar-refractivity contribution in [2.45, 2.75) is 6.04 Å². The van der Waals surface area contributed by atoms with E-state index in [1.165, 1.54) is 2.88 Å². The van der Waals surface area contributed by atoms with Crippen molar-refractivity contribution in [1.29, 1.82) is 0 Å². The van der Waals surface area contributed by atoms with E-state index < -0.39 is 0 Å². The van der Waals surface area contributed by atoms with Crippen LogP contribution in [0.3, 0.4) is 0 Å². The Bertz CT molecular complexity index is 807. The summed E-state index contributed by atoms with van der Waals surface area (Å²) < 4.78 is 2.10. The van der Waals surface area contributed by atoms with Crippen molar-refractivity contribution < 1.29 is 0 Å². The molecule has 0 aliphatic heterocycles. The molecule has 0 aliphatic rings. The quantitative estimate of drug-likeness (QED) is 0.525. The van der Waals surface area contributed by atoms with Crippen LogP contribution in [0.2, 0.25) is 0 Å². The van der Waals surface area contributed by atoms with E-state index in [0.29, 0.717) is 0 Å². The van der Waals surface area contributed by atoms with Crippen molar-refractivity contribution in [2.24, 2.45) is 5.73 Å². The fourth-order valence-electron chi connectivity index (χ4n) is 1.98. The Kier molecular flexibility index (Phi) is 3.54. The van der Waals surface area contributed by atoms with Crippen LogP contribution >= 0.6 is 49.9 Å². The molecule has 2 aromatic heterocycles. The summed E-state index contributed by atoms with van der Waals surface area (Å²) in [6.45, 7) is 0. The molecular formula is C12H9BrIN3OS. The average Bonchev–Trinajstić information content (AvgIpc) is 2.92. The van der Waals surface area contributed by atoms with Crippen LogP contribution in [0.4, 0.5) is 0 Å². The molecule has 4 nitrogen and oxygen atoms in total. The Morgan fingerprint density at radius 2 is 1.95 bits per heavy atom. The molecule has 0 amide bonds. The van der Waals surface area contributed by atoms with Crippen LogP contribution in [0.5, 0.6) is 0 Å². The number of halogens is 2. The summed E-state index contributed by atoms with van der Waals surface area (Å²) >= 11 is 7.46. The van der Waals surface area contributed by atoms with Crippen LogP contribution in [0.1, 0.15) is 17.2 Å². The SMILES string of the molecule is NC(c1csc(I)c1)c1cc2[nH]c(=O)[nH]c2cc1Br. The van der Waals surface area contributed by atoms with Crippen molar-refractivity contribution in [3.63, 3.8) is 0 Å². The summed E-state index contributed by atoms with van der Waals surface area (Å²) in [6.07, 6.45) is 0. The lowest BCUT2D eigenvalue weighted by molar-refractivity contribution is 0.872. The van der Waals surface area contributed by atoms with Crippen LogP contribution in [-0.4, -0.2) is 9.97 Å². The van der Waals surface area contributed by atoms with Gasteiger partial charge in [-0.3, -0.25) is 0 Å². The van der Waals surface area contributed by atoms with Gasteiger partial charge >= 0.3 is 5.69 Å². The van der Waals surface area contributed by atoms with E-state index >= 15 is 0 Å². The van der Waals surface area contributed by atoms with Gasteiger partial charge in [-0.15, -0.1) is 11.3 Å². The number of rotatable bonds is 2. The highest BCUT2D eigenvalue weighted by molar-refractivity contribution is 14.1. The average molecular weight is 450 g/mol. The van der Waals surface area contributed by atoms with Gasteiger partial charge in [-0.25, -0.2) is 4.79 Å². The van der Waals surface area contributed by atoms with Gasteiger partial charge in [0.1, 0.15) is 0 Å². The Hall–Kier alpha value is -0.640. The third-order valence-electron chi connectivity index (χ3n) is 2.92. The number of aromatic amines is 2. The van der Waals surface area contributed by atoms with Crippen molar-refractivity contribution in [3.8, 4) is 0 Å². The fourth-order valence-corrected chi connectivity index (χ4v) is 3.98. The first kappa shape index (κ1) is 13.3. The summed E-state index contributed by atoms with van der Waals surface area (Å²) in [5.74, 6) is 0. The van der Waals surface area contributed by atoms with Crippen molar-refractivity contribution in [2.75, 3.05) is 0 Å². The molecule has 7 heteroatoms. The lowest BCUT2D eigenvalue weighted by Gasteiger charge is -2.12. The first-order valence-corrected chi connectivity index (χ1v) is 8.20. The lowest BCUT2D eigenvalue weighted by atomic mass is 10.0. The first-order valence-electron chi connectivity index (χ1n) is 5.45. The van der Waals surface area contributed by atoms with E-state index in [4.69, 9.17) is 5.73 Å². The van der Waals surface area contributed by atoms with Gasteiger partial charge in [-0.2, -0.15) is 0 Å². The van der Waals surface area contributed by atoms with Gasteiger partial charge in [0, 0.05) is 4.47 Å². The summed E-state index contributed by atoms with van der Waals surface area (Å²) in [7, 11) is 0. The number of nitrogens with one attached hydrogen (secondary N) is 2. The third-order valence-corrected chi connectivity index (χ3v) is 5.41. The second-order valence-corrected chi connectivity index (χ2v) is 7.82. The van der Waals surface area contributed by atoms with Gasteiger partial charge in [-0.05, 0) is 57.3 Å². The standard InChI is InChI=1S/C12H9BrIN3OS/c13-7-3-9-8(16-12(18)17-9)2-6(7)11(15)5-1-10(14)19-4-5/h1-4,11H,15H2,(H2,16,17,18). The van der Waals surface area contributed by atoms with Gasteiger partial charge in [0.05, 0.1) is 20.0 Å². The zero-order valence-electron chi connectivity index (χ0n) is 9.54.